The van der Waals surface area contributed by atoms with E-state index in [2.05, 4.69) is 22.6 Å². The zero-order valence-electron chi connectivity index (χ0n) is 14.5. The van der Waals surface area contributed by atoms with Crippen LogP contribution in [0.2, 0.25) is 0 Å². The number of para-hydroxylation sites is 1. The molecule has 1 heterocycles. The predicted octanol–water partition coefficient (Wildman–Crippen LogP) is 4.14. The second-order valence-corrected chi connectivity index (χ2v) is 12.3. The van der Waals surface area contributed by atoms with Crippen LogP contribution < -0.4 is 4.46 Å². The number of aromatic nitrogens is 1. The van der Waals surface area contributed by atoms with E-state index in [1.165, 1.54) is 0 Å². The zero-order chi connectivity index (χ0) is 20.0. The molecule has 0 fully saturated rings. The monoisotopic (exact) mass is 575 g/mol. The van der Waals surface area contributed by atoms with Crippen molar-refractivity contribution >= 4 is 62.9 Å². The summed E-state index contributed by atoms with van der Waals surface area (Å²) in [6.07, 6.45) is 7.30. The second-order valence-electron chi connectivity index (χ2n) is 6.38. The van der Waals surface area contributed by atoms with E-state index in [4.69, 9.17) is 0 Å². The molecular weight excluding hydrogens is 557 g/mol. The first-order valence-corrected chi connectivity index (χ1v) is 12.5. The summed E-state index contributed by atoms with van der Waals surface area (Å²) in [4.78, 5) is 0. The van der Waals surface area contributed by atoms with Gasteiger partial charge in [-0.3, -0.25) is 0 Å². The molecule has 9 heteroatoms. The van der Waals surface area contributed by atoms with Crippen LogP contribution in [0.5, 0.6) is 0 Å². The van der Waals surface area contributed by atoms with Gasteiger partial charge in [0.05, 0.1) is 0 Å². The summed E-state index contributed by atoms with van der Waals surface area (Å²) in [5.74, 6) is 0. The Morgan fingerprint density at radius 1 is 1.30 bits per heavy atom. The van der Waals surface area contributed by atoms with Crippen molar-refractivity contribution in [2.45, 2.75) is 34.0 Å². The van der Waals surface area contributed by atoms with Crippen LogP contribution in [0.3, 0.4) is 0 Å². The Kier molecular flexibility index (Phi) is 5.62. The van der Waals surface area contributed by atoms with Gasteiger partial charge in [-0.25, -0.2) is 0 Å². The molecule has 0 saturated carbocycles. The SMILES string of the molecule is CCC1=CC(C)(S(=O)(=O)n2cc([Se]C(F)(F)F)c3ccccc32)C(I)C=C1. The van der Waals surface area contributed by atoms with Gasteiger partial charge in [-0.1, -0.05) is 0 Å². The number of benzene rings is 1. The topological polar surface area (TPSA) is 39.1 Å². The van der Waals surface area contributed by atoms with Gasteiger partial charge in [0, 0.05) is 0 Å². The molecule has 0 aliphatic heterocycles. The van der Waals surface area contributed by atoms with Crippen molar-refractivity contribution in [3.8, 4) is 0 Å². The Bertz CT molecular complexity index is 1040. The molecule has 146 valence electrons. The molecule has 0 N–H and O–H groups in total. The number of halogens is 4. The average molecular weight is 574 g/mol. The first kappa shape index (κ1) is 21.0. The molecule has 27 heavy (non-hydrogen) atoms. The zero-order valence-corrected chi connectivity index (χ0v) is 19.2. The third kappa shape index (κ3) is 3.75. The molecule has 3 rings (SSSR count). The molecule has 0 spiro atoms. The number of alkyl halides is 4. The molecule has 2 aromatic rings. The third-order valence-corrected chi connectivity index (χ3v) is 10.7. The molecule has 1 aliphatic rings. The van der Waals surface area contributed by atoms with Gasteiger partial charge >= 0.3 is 177 Å². The van der Waals surface area contributed by atoms with E-state index < -0.39 is 34.8 Å². The Hall–Kier alpha value is -0.771. The summed E-state index contributed by atoms with van der Waals surface area (Å²) >= 11 is 0.242. The molecule has 0 saturated heterocycles. The third-order valence-electron chi connectivity index (χ3n) is 4.59. The van der Waals surface area contributed by atoms with Gasteiger partial charge in [0.25, 0.3) is 0 Å². The van der Waals surface area contributed by atoms with Crippen LogP contribution in [0, 0.1) is 0 Å². The van der Waals surface area contributed by atoms with E-state index in [0.717, 1.165) is 15.7 Å². The van der Waals surface area contributed by atoms with Crippen LogP contribution >= 0.6 is 22.6 Å². The minimum atomic E-state index is -4.36. The quantitative estimate of drug-likeness (QED) is 0.313. The Morgan fingerprint density at radius 2 is 1.96 bits per heavy atom. The van der Waals surface area contributed by atoms with E-state index in [-0.39, 0.29) is 13.9 Å². The fraction of sp³-hybridized carbons (Fsp3) is 0.333. The molecular formula is C18H17F3INO2SSe. The van der Waals surface area contributed by atoms with Crippen LogP contribution in [0.15, 0.2) is 54.3 Å². The number of hydrogen-bond acceptors (Lipinski definition) is 2. The van der Waals surface area contributed by atoms with Gasteiger partial charge in [0.1, 0.15) is 0 Å². The number of nitrogens with zero attached hydrogens (tertiary/aromatic N) is 1. The van der Waals surface area contributed by atoms with Gasteiger partial charge < -0.3 is 0 Å². The average Bonchev–Trinajstić information content (AvgIpc) is 2.95. The van der Waals surface area contributed by atoms with Gasteiger partial charge in [0.15, 0.2) is 0 Å². The van der Waals surface area contributed by atoms with Crippen LogP contribution in [0.4, 0.5) is 13.2 Å². The number of allylic oxidation sites excluding steroid dienone is 3. The van der Waals surface area contributed by atoms with Gasteiger partial charge in [-0.05, 0) is 0 Å². The van der Waals surface area contributed by atoms with Crippen LogP contribution in [-0.4, -0.2) is 41.1 Å². The van der Waals surface area contributed by atoms with Gasteiger partial charge in [0.2, 0.25) is 0 Å². The summed E-state index contributed by atoms with van der Waals surface area (Å²) < 4.78 is 65.7. The number of rotatable bonds is 4. The van der Waals surface area contributed by atoms with Crippen molar-refractivity contribution < 1.29 is 21.6 Å². The normalized spacial score (nSPS) is 23.6. The van der Waals surface area contributed by atoms with Crippen molar-refractivity contribution in [3.05, 3.63) is 54.3 Å². The van der Waals surface area contributed by atoms with E-state index in [1.807, 2.05) is 19.1 Å². The summed E-state index contributed by atoms with van der Waals surface area (Å²) in [5, 5.41) is -4.03. The summed E-state index contributed by atoms with van der Waals surface area (Å²) in [7, 11) is -3.99. The molecule has 0 bridgehead atoms. The van der Waals surface area contributed by atoms with Crippen LogP contribution in [0.1, 0.15) is 20.3 Å². The van der Waals surface area contributed by atoms with Gasteiger partial charge in [-0.15, -0.1) is 0 Å². The summed E-state index contributed by atoms with van der Waals surface area (Å²) in [6.45, 7) is 3.56. The molecule has 1 aromatic heterocycles. The molecule has 2 unspecified atom stereocenters. The number of hydrogen-bond donors (Lipinski definition) is 0. The first-order valence-electron chi connectivity index (χ1n) is 8.14. The van der Waals surface area contributed by atoms with E-state index >= 15 is 0 Å². The van der Waals surface area contributed by atoms with Crippen molar-refractivity contribution in [2.75, 3.05) is 0 Å². The fourth-order valence-electron chi connectivity index (χ4n) is 3.07. The predicted molar refractivity (Wildman–Crippen MR) is 111 cm³/mol. The minimum absolute atomic E-state index is 0.0221. The second kappa shape index (κ2) is 7.24. The maximum atomic E-state index is 13.6. The van der Waals surface area contributed by atoms with Crippen molar-refractivity contribution in [2.24, 2.45) is 0 Å². The Balaban J connectivity index is 2.22. The van der Waals surface area contributed by atoms with Crippen LogP contribution in [0.25, 0.3) is 10.9 Å². The molecule has 2 atom stereocenters. The van der Waals surface area contributed by atoms with Gasteiger partial charge in [-0.2, -0.15) is 0 Å². The Morgan fingerprint density at radius 3 is 2.59 bits per heavy atom. The molecule has 0 amide bonds. The molecule has 0 radical (unpaired) electrons. The standard InChI is InChI=1S/C18H17F3INO2SSe/c1-3-12-8-9-16(22)17(2,10-12)26(24,25)23-11-15(27-18(19,20)21)13-6-4-5-7-14(13)23/h4-11,16H,3H2,1-2H3. The van der Waals surface area contributed by atoms with E-state index in [0.29, 0.717) is 11.8 Å². The van der Waals surface area contributed by atoms with Crippen LogP contribution in [-0.2, 0) is 10.0 Å². The van der Waals surface area contributed by atoms with Crippen molar-refractivity contribution in [1.82, 2.24) is 3.97 Å². The van der Waals surface area contributed by atoms with Crippen molar-refractivity contribution in [1.29, 1.82) is 0 Å². The Labute approximate surface area is 176 Å². The number of fused-ring (bicyclic) bond motifs is 1. The first-order chi connectivity index (χ1) is 12.5. The molecule has 3 nitrogen and oxygen atoms in total. The van der Waals surface area contributed by atoms with Crippen molar-refractivity contribution in [3.63, 3.8) is 0 Å². The summed E-state index contributed by atoms with van der Waals surface area (Å²) in [6, 6.07) is 6.35. The molecule has 1 aromatic carbocycles. The molecule has 1 aliphatic carbocycles. The maximum absolute atomic E-state index is 13.6. The van der Waals surface area contributed by atoms with E-state index in [9.17, 15) is 21.6 Å². The fourth-order valence-corrected chi connectivity index (χ4v) is 7.77. The summed E-state index contributed by atoms with van der Waals surface area (Å²) in [5.41, 5.74) is 1.18. The van der Waals surface area contributed by atoms with E-state index in [1.54, 1.807) is 37.3 Å².